The van der Waals surface area contributed by atoms with E-state index in [-0.39, 0.29) is 24.1 Å². The van der Waals surface area contributed by atoms with Crippen LogP contribution in [0.3, 0.4) is 0 Å². The third-order valence-corrected chi connectivity index (χ3v) is 6.07. The molecule has 1 aliphatic rings. The second-order valence-corrected chi connectivity index (χ2v) is 8.78. The van der Waals surface area contributed by atoms with E-state index in [2.05, 4.69) is 10.0 Å². The van der Waals surface area contributed by atoms with E-state index in [9.17, 15) is 13.2 Å². The molecule has 0 aliphatic heterocycles. The molecule has 2 N–H and O–H groups in total. The lowest BCUT2D eigenvalue weighted by molar-refractivity contribution is -0.115. The van der Waals surface area contributed by atoms with Crippen molar-refractivity contribution in [3.63, 3.8) is 0 Å². The summed E-state index contributed by atoms with van der Waals surface area (Å²) in [5.74, 6) is 0.0150. The summed E-state index contributed by atoms with van der Waals surface area (Å²) >= 11 is 0. The molecule has 0 heterocycles. The highest BCUT2D eigenvalue weighted by atomic mass is 32.2. The first-order valence-corrected chi connectivity index (χ1v) is 10.3. The van der Waals surface area contributed by atoms with Crippen LogP contribution in [0.1, 0.15) is 48.8 Å². The molecule has 24 heavy (non-hydrogen) atoms. The lowest BCUT2D eigenvalue weighted by Gasteiger charge is -2.21. The van der Waals surface area contributed by atoms with Gasteiger partial charge in [-0.15, -0.1) is 0 Å². The lowest BCUT2D eigenvalue weighted by Crippen LogP contribution is -2.36. The van der Waals surface area contributed by atoms with Crippen LogP contribution in [-0.2, 0) is 14.8 Å². The molecule has 1 aliphatic carbocycles. The highest BCUT2D eigenvalue weighted by Crippen LogP contribution is 2.24. The first kappa shape index (κ1) is 18.9. The standard InChI is InChI=1S/C18H28N2O3S/c1-13-9-14(2)18(15(3)10-13)20-17(21)11-19-24(22,23)12-16-7-5-4-6-8-16/h9-10,16,19H,4-8,11-12H2,1-3H3,(H,20,21). The predicted octanol–water partition coefficient (Wildman–Crippen LogP) is 3.05. The van der Waals surface area contributed by atoms with Crippen molar-refractivity contribution in [1.82, 2.24) is 4.72 Å². The van der Waals surface area contributed by atoms with Gasteiger partial charge in [-0.2, -0.15) is 0 Å². The quantitative estimate of drug-likeness (QED) is 0.826. The van der Waals surface area contributed by atoms with Gasteiger partial charge in [0, 0.05) is 5.69 Å². The molecule has 2 rings (SSSR count). The van der Waals surface area contributed by atoms with Gasteiger partial charge in [0.05, 0.1) is 12.3 Å². The van der Waals surface area contributed by atoms with Crippen molar-refractivity contribution < 1.29 is 13.2 Å². The fourth-order valence-corrected chi connectivity index (χ4v) is 4.88. The average Bonchev–Trinajstić information content (AvgIpc) is 2.49. The topological polar surface area (TPSA) is 75.3 Å². The Bertz CT molecular complexity index is 669. The van der Waals surface area contributed by atoms with Crippen molar-refractivity contribution in [2.24, 2.45) is 5.92 Å². The van der Waals surface area contributed by atoms with Crippen molar-refractivity contribution in [2.75, 3.05) is 17.6 Å². The maximum atomic E-state index is 12.1. The van der Waals surface area contributed by atoms with Crippen LogP contribution in [0.4, 0.5) is 5.69 Å². The molecule has 6 heteroatoms. The Hall–Kier alpha value is -1.40. The SMILES string of the molecule is Cc1cc(C)c(NC(=O)CNS(=O)(=O)CC2CCCCC2)c(C)c1. The Morgan fingerprint density at radius 1 is 1.08 bits per heavy atom. The molecular weight excluding hydrogens is 324 g/mol. The van der Waals surface area contributed by atoms with E-state index in [1.807, 2.05) is 32.9 Å². The van der Waals surface area contributed by atoms with Gasteiger partial charge in [-0.25, -0.2) is 13.1 Å². The Morgan fingerprint density at radius 2 is 1.67 bits per heavy atom. The number of sulfonamides is 1. The Balaban J connectivity index is 1.88. The molecule has 1 amide bonds. The second kappa shape index (κ2) is 8.12. The Kier molecular flexibility index (Phi) is 6.40. The minimum atomic E-state index is -3.41. The Labute approximate surface area is 145 Å². The zero-order valence-corrected chi connectivity index (χ0v) is 15.6. The van der Waals surface area contributed by atoms with E-state index in [0.29, 0.717) is 0 Å². The van der Waals surface area contributed by atoms with Crippen LogP contribution in [0.5, 0.6) is 0 Å². The minimum absolute atomic E-state index is 0.128. The number of aryl methyl sites for hydroxylation is 3. The summed E-state index contributed by atoms with van der Waals surface area (Å²) in [4.78, 5) is 12.1. The van der Waals surface area contributed by atoms with Crippen LogP contribution in [0.25, 0.3) is 0 Å². The number of carbonyl (C=O) groups excluding carboxylic acids is 1. The van der Waals surface area contributed by atoms with Crippen LogP contribution in [0.2, 0.25) is 0 Å². The number of hydrogen-bond donors (Lipinski definition) is 2. The molecule has 1 aromatic rings. The molecule has 0 spiro atoms. The van der Waals surface area contributed by atoms with Gasteiger partial charge in [-0.05, 0) is 50.7 Å². The first-order valence-electron chi connectivity index (χ1n) is 8.62. The summed E-state index contributed by atoms with van der Waals surface area (Å²) in [6.07, 6.45) is 5.34. The van der Waals surface area contributed by atoms with Gasteiger partial charge in [0.25, 0.3) is 0 Å². The summed E-state index contributed by atoms with van der Waals surface area (Å²) in [6.45, 7) is 5.65. The van der Waals surface area contributed by atoms with Crippen molar-refractivity contribution in [1.29, 1.82) is 0 Å². The van der Waals surface area contributed by atoms with Crippen molar-refractivity contribution in [3.8, 4) is 0 Å². The number of rotatable bonds is 6. The van der Waals surface area contributed by atoms with Crippen LogP contribution < -0.4 is 10.0 Å². The van der Waals surface area contributed by atoms with Gasteiger partial charge in [0.2, 0.25) is 15.9 Å². The molecule has 0 aromatic heterocycles. The second-order valence-electron chi connectivity index (χ2n) is 6.93. The summed E-state index contributed by atoms with van der Waals surface area (Å²) in [5.41, 5.74) is 3.85. The smallest absolute Gasteiger partial charge is 0.239 e. The van der Waals surface area contributed by atoms with E-state index in [0.717, 1.165) is 48.1 Å². The normalized spacial score (nSPS) is 16.1. The summed E-state index contributed by atoms with van der Waals surface area (Å²) < 4.78 is 26.7. The fourth-order valence-electron chi connectivity index (χ4n) is 3.46. The van der Waals surface area contributed by atoms with E-state index in [1.54, 1.807) is 0 Å². The molecule has 0 unspecified atom stereocenters. The van der Waals surface area contributed by atoms with Crippen LogP contribution in [0.15, 0.2) is 12.1 Å². The molecule has 1 fully saturated rings. The molecule has 0 saturated heterocycles. The molecule has 1 saturated carbocycles. The summed E-state index contributed by atoms with van der Waals surface area (Å²) in [6, 6.07) is 3.99. The number of benzene rings is 1. The molecule has 1 aromatic carbocycles. The van der Waals surface area contributed by atoms with Gasteiger partial charge in [0.15, 0.2) is 0 Å². The minimum Gasteiger partial charge on any atom is -0.324 e. The highest BCUT2D eigenvalue weighted by molar-refractivity contribution is 7.89. The number of anilines is 1. The third-order valence-electron chi connectivity index (χ3n) is 4.57. The van der Waals surface area contributed by atoms with Gasteiger partial charge in [-0.3, -0.25) is 4.79 Å². The van der Waals surface area contributed by atoms with Gasteiger partial charge >= 0.3 is 0 Å². The van der Waals surface area contributed by atoms with Crippen LogP contribution >= 0.6 is 0 Å². The molecule has 5 nitrogen and oxygen atoms in total. The van der Waals surface area contributed by atoms with Gasteiger partial charge in [0.1, 0.15) is 0 Å². The fraction of sp³-hybridized carbons (Fsp3) is 0.611. The maximum absolute atomic E-state index is 12.1. The monoisotopic (exact) mass is 352 g/mol. The van der Waals surface area contributed by atoms with E-state index < -0.39 is 10.0 Å². The van der Waals surface area contributed by atoms with Gasteiger partial charge in [-0.1, -0.05) is 37.0 Å². The van der Waals surface area contributed by atoms with Crippen molar-refractivity contribution in [2.45, 2.75) is 52.9 Å². The van der Waals surface area contributed by atoms with Gasteiger partial charge < -0.3 is 5.32 Å². The number of carbonyl (C=O) groups is 1. The van der Waals surface area contributed by atoms with Crippen LogP contribution in [0, 0.1) is 26.7 Å². The van der Waals surface area contributed by atoms with Crippen molar-refractivity contribution in [3.05, 3.63) is 28.8 Å². The number of hydrogen-bond acceptors (Lipinski definition) is 3. The van der Waals surface area contributed by atoms with E-state index in [4.69, 9.17) is 0 Å². The third kappa shape index (κ3) is 5.60. The number of amides is 1. The summed E-state index contributed by atoms with van der Waals surface area (Å²) in [5, 5.41) is 2.82. The maximum Gasteiger partial charge on any atom is 0.239 e. The largest absolute Gasteiger partial charge is 0.324 e. The van der Waals surface area contributed by atoms with E-state index >= 15 is 0 Å². The summed E-state index contributed by atoms with van der Waals surface area (Å²) in [7, 11) is -3.41. The molecule has 0 atom stereocenters. The molecule has 0 bridgehead atoms. The predicted molar refractivity (Wildman–Crippen MR) is 97.6 cm³/mol. The molecule has 0 radical (unpaired) electrons. The van der Waals surface area contributed by atoms with E-state index in [1.165, 1.54) is 6.42 Å². The molecule has 134 valence electrons. The lowest BCUT2D eigenvalue weighted by atomic mass is 9.91. The molecular formula is C18H28N2O3S. The van der Waals surface area contributed by atoms with Crippen molar-refractivity contribution >= 4 is 21.6 Å². The average molecular weight is 353 g/mol. The zero-order chi connectivity index (χ0) is 17.7. The number of nitrogens with one attached hydrogen (secondary N) is 2. The highest BCUT2D eigenvalue weighted by Gasteiger charge is 2.22. The Morgan fingerprint density at radius 3 is 2.25 bits per heavy atom. The first-order chi connectivity index (χ1) is 11.3. The zero-order valence-electron chi connectivity index (χ0n) is 14.8. The van der Waals surface area contributed by atoms with Crippen LogP contribution in [-0.4, -0.2) is 26.6 Å².